The third kappa shape index (κ3) is 1.98. The van der Waals surface area contributed by atoms with Crippen LogP contribution in [0.4, 0.5) is 5.69 Å². The van der Waals surface area contributed by atoms with Gasteiger partial charge in [-0.05, 0) is 31.9 Å². The van der Waals surface area contributed by atoms with Crippen molar-refractivity contribution >= 4 is 17.6 Å². The fraction of sp³-hybridized carbons (Fsp3) is 0.429. The minimum absolute atomic E-state index is 0.182. The monoisotopic (exact) mass is 247 g/mol. The Labute approximate surface area is 107 Å². The summed E-state index contributed by atoms with van der Waals surface area (Å²) >= 11 is 0. The van der Waals surface area contributed by atoms with Crippen LogP contribution in [-0.2, 0) is 14.3 Å². The molecule has 0 spiro atoms. The fourth-order valence-electron chi connectivity index (χ4n) is 2.03. The summed E-state index contributed by atoms with van der Waals surface area (Å²) in [6.45, 7) is 1.99. The van der Waals surface area contributed by atoms with Crippen molar-refractivity contribution in [1.29, 1.82) is 0 Å². The lowest BCUT2D eigenvalue weighted by molar-refractivity contribution is -0.151. The molecule has 1 amide bonds. The average molecular weight is 247 g/mol. The number of nitrogens with zero attached hydrogens (tertiary/aromatic N) is 1. The van der Waals surface area contributed by atoms with E-state index in [0.29, 0.717) is 12.8 Å². The van der Waals surface area contributed by atoms with Gasteiger partial charge in [0.1, 0.15) is 5.41 Å². The Hall–Kier alpha value is -1.84. The molecule has 1 aromatic carbocycles. The van der Waals surface area contributed by atoms with Gasteiger partial charge in [0.25, 0.3) is 0 Å². The van der Waals surface area contributed by atoms with E-state index in [4.69, 9.17) is 4.74 Å². The first-order chi connectivity index (χ1) is 8.51. The van der Waals surface area contributed by atoms with Crippen LogP contribution in [0.5, 0.6) is 0 Å². The molecule has 0 aromatic heterocycles. The lowest BCUT2D eigenvalue weighted by Crippen LogP contribution is -2.39. The van der Waals surface area contributed by atoms with E-state index in [0.717, 1.165) is 11.3 Å². The summed E-state index contributed by atoms with van der Waals surface area (Å²) in [7, 11) is 3.01. The minimum atomic E-state index is -0.936. The highest BCUT2D eigenvalue weighted by atomic mass is 16.5. The molecule has 4 heteroatoms. The number of anilines is 1. The first-order valence-corrected chi connectivity index (χ1v) is 5.94. The molecule has 96 valence electrons. The highest BCUT2D eigenvalue weighted by Gasteiger charge is 2.59. The molecule has 0 bridgehead atoms. The van der Waals surface area contributed by atoms with Crippen molar-refractivity contribution in [2.24, 2.45) is 5.41 Å². The molecule has 18 heavy (non-hydrogen) atoms. The molecule has 1 saturated carbocycles. The number of methoxy groups -OCH3 is 1. The van der Waals surface area contributed by atoms with Gasteiger partial charge in [-0.3, -0.25) is 9.59 Å². The molecule has 0 saturated heterocycles. The van der Waals surface area contributed by atoms with Crippen molar-refractivity contribution in [2.45, 2.75) is 19.8 Å². The maximum Gasteiger partial charge on any atom is 0.321 e. The second-order valence-electron chi connectivity index (χ2n) is 4.77. The molecule has 4 nitrogen and oxygen atoms in total. The molecule has 0 N–H and O–H groups in total. The van der Waals surface area contributed by atoms with Crippen molar-refractivity contribution in [2.75, 3.05) is 19.1 Å². The molecule has 1 aromatic rings. The molecule has 1 aliphatic rings. The van der Waals surface area contributed by atoms with Crippen molar-refractivity contribution in [1.82, 2.24) is 0 Å². The van der Waals surface area contributed by atoms with Crippen molar-refractivity contribution in [3.8, 4) is 0 Å². The second-order valence-corrected chi connectivity index (χ2v) is 4.77. The normalized spacial score (nSPS) is 15.9. The van der Waals surface area contributed by atoms with Crippen LogP contribution in [0.3, 0.4) is 0 Å². The zero-order chi connectivity index (χ0) is 13.3. The number of hydrogen-bond donors (Lipinski definition) is 0. The number of esters is 1. The Balaban J connectivity index is 2.19. The number of benzene rings is 1. The number of aryl methyl sites for hydroxylation is 1. The lowest BCUT2D eigenvalue weighted by atomic mass is 10.1. The maximum atomic E-state index is 12.3. The fourth-order valence-corrected chi connectivity index (χ4v) is 2.03. The average Bonchev–Trinajstić information content (AvgIpc) is 3.18. The molecule has 0 heterocycles. The van der Waals surface area contributed by atoms with Gasteiger partial charge >= 0.3 is 5.97 Å². The number of ether oxygens (including phenoxy) is 1. The number of hydrogen-bond acceptors (Lipinski definition) is 3. The summed E-state index contributed by atoms with van der Waals surface area (Å²) in [4.78, 5) is 25.5. The van der Waals surface area contributed by atoms with E-state index in [1.54, 1.807) is 7.05 Å². The van der Waals surface area contributed by atoms with Crippen molar-refractivity contribution < 1.29 is 14.3 Å². The highest BCUT2D eigenvalue weighted by molar-refractivity contribution is 6.12. The third-order valence-electron chi connectivity index (χ3n) is 3.46. The molecular weight excluding hydrogens is 230 g/mol. The van der Waals surface area contributed by atoms with Gasteiger partial charge in [0.2, 0.25) is 5.91 Å². The Morgan fingerprint density at radius 2 is 1.78 bits per heavy atom. The molecule has 1 fully saturated rings. The van der Waals surface area contributed by atoms with E-state index >= 15 is 0 Å². The first-order valence-electron chi connectivity index (χ1n) is 5.94. The standard InChI is InChI=1S/C14H17NO3/c1-10-4-6-11(7-5-10)15(2)12(16)14(8-9-14)13(17)18-3/h4-7H,8-9H2,1-3H3. The summed E-state index contributed by atoms with van der Waals surface area (Å²) in [5.74, 6) is -0.607. The Morgan fingerprint density at radius 3 is 2.22 bits per heavy atom. The van der Waals surface area contributed by atoms with Gasteiger partial charge in [-0.25, -0.2) is 0 Å². The lowest BCUT2D eigenvalue weighted by Gasteiger charge is -2.22. The van der Waals surface area contributed by atoms with Gasteiger partial charge in [-0.1, -0.05) is 17.7 Å². The third-order valence-corrected chi connectivity index (χ3v) is 3.46. The van der Waals surface area contributed by atoms with E-state index in [9.17, 15) is 9.59 Å². The summed E-state index contributed by atoms with van der Waals surface area (Å²) in [5.41, 5.74) is 0.989. The number of amides is 1. The molecule has 0 aliphatic heterocycles. The first kappa shape index (κ1) is 12.6. The van der Waals surface area contributed by atoms with Crippen LogP contribution >= 0.6 is 0 Å². The number of carbonyl (C=O) groups is 2. The van der Waals surface area contributed by atoms with Crippen LogP contribution in [0.25, 0.3) is 0 Å². The van der Waals surface area contributed by atoms with E-state index in [1.807, 2.05) is 31.2 Å². The summed E-state index contributed by atoms with van der Waals surface area (Å²) in [6, 6.07) is 7.63. The van der Waals surface area contributed by atoms with Crippen LogP contribution in [0, 0.1) is 12.3 Å². The van der Waals surface area contributed by atoms with Gasteiger partial charge in [-0.15, -0.1) is 0 Å². The summed E-state index contributed by atoms with van der Waals surface area (Å²) in [5, 5.41) is 0. The van der Waals surface area contributed by atoms with Crippen molar-refractivity contribution in [3.05, 3.63) is 29.8 Å². The van der Waals surface area contributed by atoms with Crippen molar-refractivity contribution in [3.63, 3.8) is 0 Å². The van der Waals surface area contributed by atoms with Crippen LogP contribution < -0.4 is 4.90 Å². The van der Waals surface area contributed by atoms with Gasteiger partial charge in [0, 0.05) is 12.7 Å². The smallest absolute Gasteiger partial charge is 0.321 e. The maximum absolute atomic E-state index is 12.3. The van der Waals surface area contributed by atoms with E-state index in [-0.39, 0.29) is 5.91 Å². The predicted molar refractivity (Wildman–Crippen MR) is 68.3 cm³/mol. The topological polar surface area (TPSA) is 46.6 Å². The molecule has 2 rings (SSSR count). The van der Waals surface area contributed by atoms with E-state index < -0.39 is 11.4 Å². The SMILES string of the molecule is COC(=O)C1(C(=O)N(C)c2ccc(C)cc2)CC1. The van der Waals surface area contributed by atoms with Crippen LogP contribution in [0.15, 0.2) is 24.3 Å². The second kappa shape index (κ2) is 4.44. The molecule has 1 aliphatic carbocycles. The van der Waals surface area contributed by atoms with E-state index in [1.165, 1.54) is 12.0 Å². The summed E-state index contributed by atoms with van der Waals surface area (Å²) < 4.78 is 4.72. The highest BCUT2D eigenvalue weighted by Crippen LogP contribution is 2.48. The zero-order valence-electron chi connectivity index (χ0n) is 10.9. The van der Waals surface area contributed by atoms with Crippen LogP contribution in [-0.4, -0.2) is 26.0 Å². The zero-order valence-corrected chi connectivity index (χ0v) is 10.9. The van der Waals surface area contributed by atoms with Gasteiger partial charge in [0.15, 0.2) is 0 Å². The Bertz CT molecular complexity index is 474. The molecule has 0 radical (unpaired) electrons. The van der Waals surface area contributed by atoms with Crippen LogP contribution in [0.2, 0.25) is 0 Å². The largest absolute Gasteiger partial charge is 0.468 e. The van der Waals surface area contributed by atoms with E-state index in [2.05, 4.69) is 0 Å². The minimum Gasteiger partial charge on any atom is -0.468 e. The molecule has 0 atom stereocenters. The van der Waals surface area contributed by atoms with Gasteiger partial charge < -0.3 is 9.64 Å². The van der Waals surface area contributed by atoms with Crippen LogP contribution in [0.1, 0.15) is 18.4 Å². The number of rotatable bonds is 3. The quantitative estimate of drug-likeness (QED) is 0.605. The predicted octanol–water partition coefficient (Wildman–Crippen LogP) is 1.91. The summed E-state index contributed by atoms with van der Waals surface area (Å²) in [6.07, 6.45) is 1.16. The van der Waals surface area contributed by atoms with Gasteiger partial charge in [-0.2, -0.15) is 0 Å². The number of carbonyl (C=O) groups excluding carboxylic acids is 2. The Kier molecular flexibility index (Phi) is 3.11. The molecular formula is C14H17NO3. The van der Waals surface area contributed by atoms with Gasteiger partial charge in [0.05, 0.1) is 7.11 Å². The molecule has 0 unspecified atom stereocenters. The Morgan fingerprint density at radius 1 is 1.22 bits per heavy atom.